The van der Waals surface area contributed by atoms with Gasteiger partial charge in [0.25, 0.3) is 0 Å². The monoisotopic (exact) mass is 306 g/mol. The van der Waals surface area contributed by atoms with Crippen molar-refractivity contribution >= 4 is 22.4 Å². The zero-order valence-electron chi connectivity index (χ0n) is 11.9. The summed E-state index contributed by atoms with van der Waals surface area (Å²) in [6, 6.07) is 0.470. The lowest BCUT2D eigenvalue weighted by Crippen LogP contribution is -2.32. The van der Waals surface area contributed by atoms with E-state index in [0.717, 1.165) is 25.3 Å². The summed E-state index contributed by atoms with van der Waals surface area (Å²) >= 11 is 1.47. The number of amides is 1. The molecule has 8 heteroatoms. The average molecular weight is 306 g/mol. The van der Waals surface area contributed by atoms with Crippen LogP contribution in [-0.2, 0) is 17.9 Å². The molecule has 1 aliphatic rings. The van der Waals surface area contributed by atoms with Gasteiger partial charge in [0.05, 0.1) is 12.2 Å². The second-order valence-electron chi connectivity index (χ2n) is 5.21. The quantitative estimate of drug-likeness (QED) is 0.902. The molecule has 2 aromatic rings. The van der Waals surface area contributed by atoms with Gasteiger partial charge in [-0.2, -0.15) is 5.10 Å². The Labute approximate surface area is 127 Å². The van der Waals surface area contributed by atoms with Crippen molar-refractivity contribution in [2.45, 2.75) is 38.9 Å². The third-order valence-electron chi connectivity index (χ3n) is 3.56. The minimum Gasteiger partial charge on any atom is -0.302 e. The minimum absolute atomic E-state index is 0.0823. The molecule has 1 saturated heterocycles. The summed E-state index contributed by atoms with van der Waals surface area (Å²) in [7, 11) is 0. The second kappa shape index (κ2) is 6.31. The standard InChI is InChI=1S/C13H18N6OS/c1-10(20)16-13-17-11(7-21-13)5-18-4-2-3-12(18)6-19-9-14-8-15-19/h7-9,12H,2-6H2,1H3,(H,16,17,20)/t12-/m0/s1. The smallest absolute Gasteiger partial charge is 0.223 e. The summed E-state index contributed by atoms with van der Waals surface area (Å²) in [4.78, 5) is 21.9. The molecular weight excluding hydrogens is 288 g/mol. The van der Waals surface area contributed by atoms with Gasteiger partial charge in [-0.05, 0) is 19.4 Å². The van der Waals surface area contributed by atoms with Crippen molar-refractivity contribution in [1.82, 2.24) is 24.6 Å². The van der Waals surface area contributed by atoms with Crippen LogP contribution in [0.5, 0.6) is 0 Å². The van der Waals surface area contributed by atoms with Crippen LogP contribution in [0.25, 0.3) is 0 Å². The molecule has 0 aromatic carbocycles. The Morgan fingerprint density at radius 3 is 3.24 bits per heavy atom. The first-order valence-corrected chi connectivity index (χ1v) is 7.87. The molecule has 3 heterocycles. The zero-order valence-corrected chi connectivity index (χ0v) is 12.7. The number of nitrogens with one attached hydrogen (secondary N) is 1. The van der Waals surface area contributed by atoms with Crippen LogP contribution in [0.3, 0.4) is 0 Å². The van der Waals surface area contributed by atoms with Crippen molar-refractivity contribution in [3.8, 4) is 0 Å². The van der Waals surface area contributed by atoms with Gasteiger partial charge in [-0.3, -0.25) is 14.4 Å². The van der Waals surface area contributed by atoms with E-state index in [2.05, 4.69) is 25.3 Å². The highest BCUT2D eigenvalue weighted by molar-refractivity contribution is 7.13. The highest BCUT2D eigenvalue weighted by Crippen LogP contribution is 2.23. The van der Waals surface area contributed by atoms with Crippen LogP contribution in [0.4, 0.5) is 5.13 Å². The summed E-state index contributed by atoms with van der Waals surface area (Å²) in [6.07, 6.45) is 5.69. The number of thiazole rings is 1. The van der Waals surface area contributed by atoms with Gasteiger partial charge in [0.2, 0.25) is 5.91 Å². The number of anilines is 1. The Bertz CT molecular complexity index is 596. The third kappa shape index (κ3) is 3.64. The molecule has 1 aliphatic heterocycles. The molecule has 0 bridgehead atoms. The van der Waals surface area contributed by atoms with Gasteiger partial charge in [-0.25, -0.2) is 9.97 Å². The Morgan fingerprint density at radius 2 is 2.48 bits per heavy atom. The van der Waals surface area contributed by atoms with E-state index in [4.69, 9.17) is 0 Å². The van der Waals surface area contributed by atoms with Crippen molar-refractivity contribution in [3.05, 3.63) is 23.7 Å². The van der Waals surface area contributed by atoms with Gasteiger partial charge in [0.1, 0.15) is 12.7 Å². The number of rotatable bonds is 5. The van der Waals surface area contributed by atoms with Gasteiger partial charge in [0, 0.05) is 24.9 Å². The van der Waals surface area contributed by atoms with E-state index in [1.807, 2.05) is 10.1 Å². The second-order valence-corrected chi connectivity index (χ2v) is 6.07. The first kappa shape index (κ1) is 14.2. The van der Waals surface area contributed by atoms with Crippen LogP contribution < -0.4 is 5.32 Å². The van der Waals surface area contributed by atoms with Crippen LogP contribution in [0.2, 0.25) is 0 Å². The van der Waals surface area contributed by atoms with Crippen molar-refractivity contribution < 1.29 is 4.79 Å². The molecule has 1 N–H and O–H groups in total. The summed E-state index contributed by atoms with van der Waals surface area (Å²) in [5.74, 6) is -0.0823. The fourth-order valence-corrected chi connectivity index (χ4v) is 3.40. The lowest BCUT2D eigenvalue weighted by Gasteiger charge is -2.23. The maximum atomic E-state index is 11.0. The number of hydrogen-bond acceptors (Lipinski definition) is 6. The van der Waals surface area contributed by atoms with Gasteiger partial charge < -0.3 is 5.32 Å². The van der Waals surface area contributed by atoms with E-state index < -0.39 is 0 Å². The number of carbonyl (C=O) groups is 1. The predicted octanol–water partition coefficient (Wildman–Crippen LogP) is 1.36. The summed E-state index contributed by atoms with van der Waals surface area (Å²) in [5, 5.41) is 9.58. The first-order valence-electron chi connectivity index (χ1n) is 6.99. The summed E-state index contributed by atoms with van der Waals surface area (Å²) < 4.78 is 1.88. The number of likely N-dealkylation sites (tertiary alicyclic amines) is 1. The lowest BCUT2D eigenvalue weighted by atomic mass is 10.2. The fourth-order valence-electron chi connectivity index (χ4n) is 2.65. The van der Waals surface area contributed by atoms with Crippen LogP contribution in [-0.4, -0.2) is 43.1 Å². The molecule has 21 heavy (non-hydrogen) atoms. The number of carbonyl (C=O) groups excluding carboxylic acids is 1. The van der Waals surface area contributed by atoms with E-state index in [9.17, 15) is 4.79 Å². The predicted molar refractivity (Wildman–Crippen MR) is 79.9 cm³/mol. The Kier molecular flexibility index (Phi) is 4.26. The first-order chi connectivity index (χ1) is 10.2. The molecule has 2 aromatic heterocycles. The van der Waals surface area contributed by atoms with E-state index in [-0.39, 0.29) is 5.91 Å². The fraction of sp³-hybridized carbons (Fsp3) is 0.538. The number of nitrogens with zero attached hydrogens (tertiary/aromatic N) is 5. The highest BCUT2D eigenvalue weighted by atomic mass is 32.1. The zero-order chi connectivity index (χ0) is 14.7. The molecule has 0 spiro atoms. The van der Waals surface area contributed by atoms with E-state index in [1.54, 1.807) is 12.7 Å². The molecule has 0 unspecified atom stereocenters. The van der Waals surface area contributed by atoms with Crippen molar-refractivity contribution in [1.29, 1.82) is 0 Å². The molecule has 1 fully saturated rings. The van der Waals surface area contributed by atoms with Crippen molar-refractivity contribution in [2.24, 2.45) is 0 Å². The van der Waals surface area contributed by atoms with Gasteiger partial charge in [-0.15, -0.1) is 11.3 Å². The lowest BCUT2D eigenvalue weighted by molar-refractivity contribution is -0.114. The Morgan fingerprint density at radius 1 is 1.57 bits per heavy atom. The van der Waals surface area contributed by atoms with E-state index >= 15 is 0 Å². The van der Waals surface area contributed by atoms with Gasteiger partial charge >= 0.3 is 0 Å². The van der Waals surface area contributed by atoms with Crippen LogP contribution in [0.1, 0.15) is 25.5 Å². The largest absolute Gasteiger partial charge is 0.302 e. The minimum atomic E-state index is -0.0823. The molecule has 0 saturated carbocycles. The van der Waals surface area contributed by atoms with E-state index in [1.165, 1.54) is 31.1 Å². The highest BCUT2D eigenvalue weighted by Gasteiger charge is 2.25. The summed E-state index contributed by atoms with van der Waals surface area (Å²) in [5.41, 5.74) is 1.01. The maximum Gasteiger partial charge on any atom is 0.223 e. The molecule has 1 atom stereocenters. The molecule has 1 amide bonds. The molecule has 0 radical (unpaired) electrons. The molecule has 3 rings (SSSR count). The molecule has 7 nitrogen and oxygen atoms in total. The van der Waals surface area contributed by atoms with Gasteiger partial charge in [-0.1, -0.05) is 0 Å². The Hall–Kier alpha value is -1.80. The van der Waals surface area contributed by atoms with Crippen LogP contribution in [0, 0.1) is 0 Å². The SMILES string of the molecule is CC(=O)Nc1nc(CN2CCC[C@H]2Cn2cncn2)cs1. The van der Waals surface area contributed by atoms with Crippen molar-refractivity contribution in [3.63, 3.8) is 0 Å². The normalized spacial score (nSPS) is 19.0. The number of hydrogen-bond donors (Lipinski definition) is 1. The van der Waals surface area contributed by atoms with Crippen molar-refractivity contribution in [2.75, 3.05) is 11.9 Å². The van der Waals surface area contributed by atoms with Crippen LogP contribution >= 0.6 is 11.3 Å². The van der Waals surface area contributed by atoms with E-state index in [0.29, 0.717) is 11.2 Å². The molecular formula is C13H18N6OS. The number of aromatic nitrogens is 4. The average Bonchev–Trinajstić information content (AvgIpc) is 3.14. The third-order valence-corrected chi connectivity index (χ3v) is 4.37. The molecule has 112 valence electrons. The van der Waals surface area contributed by atoms with Crippen LogP contribution in [0.15, 0.2) is 18.0 Å². The maximum absolute atomic E-state index is 11.0. The van der Waals surface area contributed by atoms with Gasteiger partial charge in [0.15, 0.2) is 5.13 Å². The summed E-state index contributed by atoms with van der Waals surface area (Å²) in [6.45, 7) is 4.25. The molecule has 0 aliphatic carbocycles. The Balaban J connectivity index is 1.60. The topological polar surface area (TPSA) is 75.9 Å².